The van der Waals surface area contributed by atoms with Gasteiger partial charge in [-0.25, -0.2) is 4.98 Å². The summed E-state index contributed by atoms with van der Waals surface area (Å²) in [4.78, 5) is 6.88. The molecule has 1 aromatic heterocycles. The van der Waals surface area contributed by atoms with E-state index >= 15 is 0 Å². The molecule has 0 bridgehead atoms. The van der Waals surface area contributed by atoms with Crippen molar-refractivity contribution in [3.63, 3.8) is 0 Å². The number of halogens is 1. The molecule has 2 unspecified atom stereocenters. The van der Waals surface area contributed by atoms with E-state index in [0.717, 1.165) is 16.4 Å². The smallest absolute Gasteiger partial charge is 0.186 e. The minimum atomic E-state index is 0.845. The number of aromatic nitrogens is 1. The summed E-state index contributed by atoms with van der Waals surface area (Å²) in [5, 5.41) is 6.68. The third kappa shape index (κ3) is 1.47. The first-order chi connectivity index (χ1) is 6.83. The van der Waals surface area contributed by atoms with Crippen molar-refractivity contribution < 1.29 is 0 Å². The number of hydrogen-bond acceptors (Lipinski definition) is 4. The van der Waals surface area contributed by atoms with Crippen molar-refractivity contribution in [3.05, 3.63) is 9.98 Å². The zero-order chi connectivity index (χ0) is 9.54. The zero-order valence-electron chi connectivity index (χ0n) is 7.74. The van der Waals surface area contributed by atoms with E-state index in [-0.39, 0.29) is 0 Å². The fourth-order valence-electron chi connectivity index (χ4n) is 2.40. The Morgan fingerprint density at radius 3 is 2.71 bits per heavy atom. The molecule has 2 atom stereocenters. The standard InChI is InChI=1S/C9H12BrN3S/c10-8-5-14-9(12-8)13-3-6-1-11-2-7(6)4-13/h5-7,11H,1-4H2. The van der Waals surface area contributed by atoms with Crippen molar-refractivity contribution in [3.8, 4) is 0 Å². The number of fused-ring (bicyclic) bond motifs is 1. The van der Waals surface area contributed by atoms with Gasteiger partial charge in [-0.15, -0.1) is 11.3 Å². The highest BCUT2D eigenvalue weighted by molar-refractivity contribution is 9.10. The van der Waals surface area contributed by atoms with Crippen LogP contribution in [-0.4, -0.2) is 31.2 Å². The fraction of sp³-hybridized carbons (Fsp3) is 0.667. The number of rotatable bonds is 1. The van der Waals surface area contributed by atoms with E-state index in [9.17, 15) is 0 Å². The molecule has 0 radical (unpaired) electrons. The topological polar surface area (TPSA) is 28.2 Å². The second-order valence-corrected chi connectivity index (χ2v) is 5.69. The molecule has 1 N–H and O–H groups in total. The van der Waals surface area contributed by atoms with E-state index in [1.165, 1.54) is 31.3 Å². The first-order valence-corrected chi connectivity index (χ1v) is 6.57. The number of nitrogens with one attached hydrogen (secondary N) is 1. The minimum absolute atomic E-state index is 0.845. The van der Waals surface area contributed by atoms with Gasteiger partial charge in [0, 0.05) is 31.6 Å². The summed E-state index contributed by atoms with van der Waals surface area (Å²) in [7, 11) is 0. The van der Waals surface area contributed by atoms with Crippen molar-refractivity contribution >= 4 is 32.4 Å². The van der Waals surface area contributed by atoms with E-state index in [2.05, 4.69) is 36.5 Å². The van der Waals surface area contributed by atoms with Crippen molar-refractivity contribution in [2.24, 2.45) is 11.8 Å². The summed E-state index contributed by atoms with van der Waals surface area (Å²) in [5.74, 6) is 1.69. The Morgan fingerprint density at radius 2 is 2.14 bits per heavy atom. The van der Waals surface area contributed by atoms with Crippen LogP contribution in [0.3, 0.4) is 0 Å². The van der Waals surface area contributed by atoms with Crippen molar-refractivity contribution in [1.82, 2.24) is 10.3 Å². The predicted octanol–water partition coefficient (Wildman–Crippen LogP) is 1.56. The highest BCUT2D eigenvalue weighted by Gasteiger charge is 2.36. The van der Waals surface area contributed by atoms with Crippen LogP contribution in [0.4, 0.5) is 5.13 Å². The highest BCUT2D eigenvalue weighted by Crippen LogP contribution is 2.32. The van der Waals surface area contributed by atoms with Gasteiger partial charge in [0.2, 0.25) is 0 Å². The highest BCUT2D eigenvalue weighted by atomic mass is 79.9. The molecule has 0 aliphatic carbocycles. The average Bonchev–Trinajstić information content (AvgIpc) is 2.75. The third-order valence-corrected chi connectivity index (χ3v) is 4.73. The van der Waals surface area contributed by atoms with Crippen LogP contribution in [0, 0.1) is 11.8 Å². The molecule has 2 saturated heterocycles. The van der Waals surface area contributed by atoms with Gasteiger partial charge in [-0.05, 0) is 27.8 Å². The van der Waals surface area contributed by atoms with Gasteiger partial charge in [0.25, 0.3) is 0 Å². The molecule has 3 heterocycles. The van der Waals surface area contributed by atoms with Gasteiger partial charge in [0.1, 0.15) is 4.60 Å². The maximum absolute atomic E-state index is 4.46. The van der Waals surface area contributed by atoms with Crippen LogP contribution in [0.25, 0.3) is 0 Å². The Morgan fingerprint density at radius 1 is 1.43 bits per heavy atom. The van der Waals surface area contributed by atoms with Crippen LogP contribution in [0.1, 0.15) is 0 Å². The summed E-state index contributed by atoms with van der Waals surface area (Å²) in [5.41, 5.74) is 0. The van der Waals surface area contributed by atoms with Crippen LogP contribution >= 0.6 is 27.3 Å². The summed E-state index contributed by atoms with van der Waals surface area (Å²) >= 11 is 5.13. The van der Waals surface area contributed by atoms with E-state index in [1.54, 1.807) is 11.3 Å². The number of nitrogens with zero attached hydrogens (tertiary/aromatic N) is 2. The molecule has 0 saturated carbocycles. The summed E-state index contributed by atoms with van der Waals surface area (Å²) < 4.78 is 0.965. The molecule has 2 aliphatic rings. The second kappa shape index (κ2) is 3.47. The molecular formula is C9H12BrN3S. The van der Waals surface area contributed by atoms with E-state index in [1.807, 2.05) is 0 Å². The van der Waals surface area contributed by atoms with Gasteiger partial charge >= 0.3 is 0 Å². The molecule has 76 valence electrons. The molecule has 14 heavy (non-hydrogen) atoms. The summed E-state index contributed by atoms with van der Waals surface area (Å²) in [6.07, 6.45) is 0. The first kappa shape index (κ1) is 9.12. The van der Waals surface area contributed by atoms with E-state index in [0.29, 0.717) is 0 Å². The minimum Gasteiger partial charge on any atom is -0.347 e. The molecule has 3 nitrogen and oxygen atoms in total. The third-order valence-electron chi connectivity index (χ3n) is 3.12. The lowest BCUT2D eigenvalue weighted by atomic mass is 10.0. The summed E-state index contributed by atoms with van der Waals surface area (Å²) in [6.45, 7) is 4.73. The van der Waals surface area contributed by atoms with Gasteiger partial charge in [0.15, 0.2) is 5.13 Å². The summed E-state index contributed by atoms with van der Waals surface area (Å²) in [6, 6.07) is 0. The van der Waals surface area contributed by atoms with Crippen molar-refractivity contribution in [1.29, 1.82) is 0 Å². The molecule has 0 amide bonds. The van der Waals surface area contributed by atoms with Gasteiger partial charge in [-0.3, -0.25) is 0 Å². The Balaban J connectivity index is 1.76. The molecular weight excluding hydrogens is 262 g/mol. The maximum Gasteiger partial charge on any atom is 0.186 e. The molecule has 2 fully saturated rings. The molecule has 0 aromatic carbocycles. The van der Waals surface area contributed by atoms with Gasteiger partial charge in [-0.1, -0.05) is 0 Å². The number of hydrogen-bond donors (Lipinski definition) is 1. The maximum atomic E-state index is 4.46. The number of thiazole rings is 1. The predicted molar refractivity (Wildman–Crippen MR) is 61.9 cm³/mol. The van der Waals surface area contributed by atoms with Crippen molar-refractivity contribution in [2.75, 3.05) is 31.1 Å². The van der Waals surface area contributed by atoms with E-state index < -0.39 is 0 Å². The Labute approximate surface area is 95.6 Å². The van der Waals surface area contributed by atoms with Gasteiger partial charge < -0.3 is 10.2 Å². The quantitative estimate of drug-likeness (QED) is 0.842. The fourth-order valence-corrected chi connectivity index (χ4v) is 3.67. The molecule has 2 aliphatic heterocycles. The Hall–Kier alpha value is -0.130. The normalized spacial score (nSPS) is 31.1. The lowest BCUT2D eigenvalue weighted by Crippen LogP contribution is -2.25. The van der Waals surface area contributed by atoms with Gasteiger partial charge in [0.05, 0.1) is 0 Å². The first-order valence-electron chi connectivity index (χ1n) is 4.89. The Bertz CT molecular complexity index is 329. The lowest BCUT2D eigenvalue weighted by Gasteiger charge is -2.15. The second-order valence-electron chi connectivity index (χ2n) is 4.04. The molecule has 3 rings (SSSR count). The molecule has 5 heteroatoms. The van der Waals surface area contributed by atoms with Crippen LogP contribution in [-0.2, 0) is 0 Å². The average molecular weight is 274 g/mol. The Kier molecular flexibility index (Phi) is 2.26. The largest absolute Gasteiger partial charge is 0.347 e. The van der Waals surface area contributed by atoms with Crippen LogP contribution < -0.4 is 10.2 Å². The van der Waals surface area contributed by atoms with Crippen molar-refractivity contribution in [2.45, 2.75) is 0 Å². The van der Waals surface area contributed by atoms with Gasteiger partial charge in [-0.2, -0.15) is 0 Å². The van der Waals surface area contributed by atoms with Crippen LogP contribution in [0.15, 0.2) is 9.98 Å². The van der Waals surface area contributed by atoms with Crippen LogP contribution in [0.2, 0.25) is 0 Å². The zero-order valence-corrected chi connectivity index (χ0v) is 10.1. The molecule has 1 aromatic rings. The number of anilines is 1. The molecule has 0 spiro atoms. The van der Waals surface area contributed by atoms with E-state index in [4.69, 9.17) is 0 Å². The SMILES string of the molecule is Brc1csc(N2CC3CNCC3C2)n1. The van der Waals surface area contributed by atoms with Crippen LogP contribution in [0.5, 0.6) is 0 Å². The monoisotopic (exact) mass is 273 g/mol. The lowest BCUT2D eigenvalue weighted by molar-refractivity contribution is 0.533.